The van der Waals surface area contributed by atoms with E-state index in [9.17, 15) is 4.79 Å². The van der Waals surface area contributed by atoms with Crippen LogP contribution in [0.2, 0.25) is 0 Å². The van der Waals surface area contributed by atoms with Crippen LogP contribution in [0.4, 0.5) is 0 Å². The van der Waals surface area contributed by atoms with Crippen molar-refractivity contribution >= 4 is 5.97 Å². The van der Waals surface area contributed by atoms with Gasteiger partial charge in [-0.3, -0.25) is 0 Å². The van der Waals surface area contributed by atoms with Crippen molar-refractivity contribution in [1.29, 1.82) is 0 Å². The van der Waals surface area contributed by atoms with E-state index < -0.39 is 24.0 Å². The molecular weight excluding hydrogens is 400 g/mol. The number of carbonyl (C=O) groups is 1. The van der Waals surface area contributed by atoms with E-state index >= 15 is 0 Å². The molecule has 1 spiro atoms. The molecule has 4 unspecified atom stereocenters. The van der Waals surface area contributed by atoms with Crippen molar-refractivity contribution in [2.75, 3.05) is 7.11 Å². The summed E-state index contributed by atoms with van der Waals surface area (Å²) < 4.78 is 23.8. The zero-order chi connectivity index (χ0) is 21.8. The van der Waals surface area contributed by atoms with Crippen molar-refractivity contribution in [1.82, 2.24) is 0 Å². The molecule has 0 aromatic heterocycles. The second-order valence-electron chi connectivity index (χ2n) is 9.77. The summed E-state index contributed by atoms with van der Waals surface area (Å²) in [5.41, 5.74) is 0.912. The van der Waals surface area contributed by atoms with Crippen molar-refractivity contribution in [3.63, 3.8) is 0 Å². The van der Waals surface area contributed by atoms with Crippen molar-refractivity contribution < 1.29 is 33.5 Å². The molecule has 5 fully saturated rings. The lowest BCUT2D eigenvalue weighted by atomic mass is 9.58. The molecule has 8 atom stereocenters. The molecule has 0 radical (unpaired) electrons. The molecule has 1 aliphatic carbocycles. The highest BCUT2D eigenvalue weighted by molar-refractivity contribution is 5.89. The second kappa shape index (κ2) is 7.81. The highest BCUT2D eigenvalue weighted by atomic mass is 17.3. The van der Waals surface area contributed by atoms with Crippen LogP contribution in [0.15, 0.2) is 24.3 Å². The van der Waals surface area contributed by atoms with Gasteiger partial charge in [0.1, 0.15) is 0 Å². The summed E-state index contributed by atoms with van der Waals surface area (Å²) in [5.74, 6) is 0.117. The van der Waals surface area contributed by atoms with Crippen molar-refractivity contribution in [2.45, 2.75) is 77.0 Å². The lowest BCUT2D eigenvalue weighted by Crippen LogP contribution is -2.70. The van der Waals surface area contributed by atoms with Gasteiger partial charge < -0.3 is 18.9 Å². The first kappa shape index (κ1) is 21.3. The molecule has 1 aromatic carbocycles. The van der Waals surface area contributed by atoms with E-state index in [-0.39, 0.29) is 17.8 Å². The second-order valence-corrected chi connectivity index (χ2v) is 9.77. The van der Waals surface area contributed by atoms with E-state index in [1.807, 2.05) is 19.1 Å². The molecule has 4 heterocycles. The Labute approximate surface area is 183 Å². The molecule has 6 rings (SSSR count). The van der Waals surface area contributed by atoms with E-state index in [4.69, 9.17) is 28.7 Å². The van der Waals surface area contributed by atoms with Gasteiger partial charge in [-0.15, -0.1) is 0 Å². The molecule has 1 saturated carbocycles. The van der Waals surface area contributed by atoms with Gasteiger partial charge >= 0.3 is 5.97 Å². The Morgan fingerprint density at radius 2 is 1.87 bits per heavy atom. The first-order valence-electron chi connectivity index (χ1n) is 11.4. The smallest absolute Gasteiger partial charge is 0.337 e. The summed E-state index contributed by atoms with van der Waals surface area (Å²) in [4.78, 5) is 23.7. The molecule has 2 bridgehead atoms. The van der Waals surface area contributed by atoms with Crippen molar-refractivity contribution in [3.8, 4) is 0 Å². The van der Waals surface area contributed by atoms with E-state index in [1.165, 1.54) is 7.11 Å². The number of rotatable bonds is 4. The molecule has 7 nitrogen and oxygen atoms in total. The van der Waals surface area contributed by atoms with Gasteiger partial charge in [-0.05, 0) is 55.7 Å². The summed E-state index contributed by atoms with van der Waals surface area (Å²) >= 11 is 0. The van der Waals surface area contributed by atoms with Crippen LogP contribution < -0.4 is 0 Å². The molecule has 1 aromatic rings. The third kappa shape index (κ3) is 3.42. The van der Waals surface area contributed by atoms with Crippen LogP contribution in [0.3, 0.4) is 0 Å². The topological polar surface area (TPSA) is 72.5 Å². The molecule has 4 aliphatic heterocycles. The van der Waals surface area contributed by atoms with Gasteiger partial charge in [-0.25, -0.2) is 14.6 Å². The number of hydrogen-bond acceptors (Lipinski definition) is 7. The Hall–Kier alpha value is -1.51. The first-order valence-corrected chi connectivity index (χ1v) is 11.4. The number of methoxy groups -OCH3 is 1. The molecule has 7 heteroatoms. The minimum absolute atomic E-state index is 0.134. The lowest BCUT2D eigenvalue weighted by molar-refractivity contribution is -0.577. The minimum Gasteiger partial charge on any atom is -0.465 e. The third-order valence-electron chi connectivity index (χ3n) is 7.89. The molecule has 4 saturated heterocycles. The highest BCUT2D eigenvalue weighted by Crippen LogP contribution is 2.60. The van der Waals surface area contributed by atoms with Gasteiger partial charge in [0.2, 0.25) is 5.79 Å². The Kier molecular flexibility index (Phi) is 5.38. The monoisotopic (exact) mass is 432 g/mol. The molecular formula is C24H32O7. The maximum Gasteiger partial charge on any atom is 0.337 e. The predicted molar refractivity (Wildman–Crippen MR) is 109 cm³/mol. The fourth-order valence-electron chi connectivity index (χ4n) is 6.10. The zero-order valence-electron chi connectivity index (χ0n) is 18.7. The number of ether oxygens (including phenoxy) is 4. The van der Waals surface area contributed by atoms with Gasteiger partial charge in [0.05, 0.1) is 19.3 Å². The summed E-state index contributed by atoms with van der Waals surface area (Å²) in [6.07, 6.45) is 3.10. The van der Waals surface area contributed by atoms with Gasteiger partial charge in [0.15, 0.2) is 18.2 Å². The molecule has 0 amide bonds. The summed E-state index contributed by atoms with van der Waals surface area (Å²) in [5, 5.41) is 0. The third-order valence-corrected chi connectivity index (χ3v) is 7.89. The summed E-state index contributed by atoms with van der Waals surface area (Å²) in [6, 6.07) is 7.25. The van der Waals surface area contributed by atoms with Crippen LogP contribution in [0.5, 0.6) is 0 Å². The lowest BCUT2D eigenvalue weighted by Gasteiger charge is -2.60. The fourth-order valence-corrected chi connectivity index (χ4v) is 6.10. The van der Waals surface area contributed by atoms with Gasteiger partial charge in [-0.2, -0.15) is 0 Å². The maximum absolute atomic E-state index is 11.6. The quantitative estimate of drug-likeness (QED) is 0.522. The number of esters is 1. The summed E-state index contributed by atoms with van der Waals surface area (Å²) in [7, 11) is 1.38. The number of benzene rings is 1. The average Bonchev–Trinajstić information content (AvgIpc) is 3.01. The van der Waals surface area contributed by atoms with Crippen molar-refractivity contribution in [3.05, 3.63) is 35.4 Å². The van der Waals surface area contributed by atoms with Gasteiger partial charge in [-0.1, -0.05) is 26.0 Å². The van der Waals surface area contributed by atoms with E-state index in [0.29, 0.717) is 24.0 Å². The average molecular weight is 433 g/mol. The van der Waals surface area contributed by atoms with E-state index in [1.54, 1.807) is 12.1 Å². The van der Waals surface area contributed by atoms with Gasteiger partial charge in [0.25, 0.3) is 0 Å². The molecule has 0 N–H and O–H groups in total. The largest absolute Gasteiger partial charge is 0.465 e. The fraction of sp³-hybridized carbons (Fsp3) is 0.708. The Morgan fingerprint density at radius 1 is 1.10 bits per heavy atom. The van der Waals surface area contributed by atoms with E-state index in [2.05, 4.69) is 13.8 Å². The Bertz CT molecular complexity index is 826. The van der Waals surface area contributed by atoms with Gasteiger partial charge in [0, 0.05) is 18.3 Å². The number of fused-ring (bicyclic) bond motifs is 2. The molecule has 5 aliphatic rings. The van der Waals surface area contributed by atoms with Crippen LogP contribution in [0.1, 0.15) is 62.4 Å². The summed E-state index contributed by atoms with van der Waals surface area (Å²) in [6.45, 7) is 6.80. The normalized spacial score (nSPS) is 43.7. The predicted octanol–water partition coefficient (Wildman–Crippen LogP) is 4.20. The van der Waals surface area contributed by atoms with Crippen molar-refractivity contribution in [2.24, 2.45) is 23.7 Å². The van der Waals surface area contributed by atoms with Crippen LogP contribution >= 0.6 is 0 Å². The van der Waals surface area contributed by atoms with Crippen LogP contribution in [-0.4, -0.2) is 37.0 Å². The standard InChI is InChI=1S/C24H32O7/c1-14-5-10-19-15(2)21(27-13-16-6-8-17(9-7-16)20(25)26-4)28-22-24(19)18(14)11-12-23(3,29-22)30-31-24/h6-9,14-15,18-19,21-22H,5,10-13H2,1-4H3/t14-,15-,18?,19?,21+,22?,23?,24-/m1/s1. The SMILES string of the molecule is COC(=O)c1ccc(CO[C@H]2OC3OC4(C)CCC5[C@H](C)CCC([C@H]2C)[C@@]35OO4)cc1. The Morgan fingerprint density at radius 3 is 2.61 bits per heavy atom. The highest BCUT2D eigenvalue weighted by Gasteiger charge is 2.69. The number of hydrogen-bond donors (Lipinski definition) is 0. The van der Waals surface area contributed by atoms with Crippen LogP contribution in [-0.2, 0) is 35.3 Å². The molecule has 31 heavy (non-hydrogen) atoms. The van der Waals surface area contributed by atoms with Crippen LogP contribution in [0, 0.1) is 23.7 Å². The minimum atomic E-state index is -0.785. The first-order chi connectivity index (χ1) is 14.9. The molecule has 170 valence electrons. The van der Waals surface area contributed by atoms with E-state index in [0.717, 1.165) is 31.2 Å². The Balaban J connectivity index is 1.34. The zero-order valence-corrected chi connectivity index (χ0v) is 18.7. The number of carbonyl (C=O) groups excluding carboxylic acids is 1. The van der Waals surface area contributed by atoms with Crippen LogP contribution in [0.25, 0.3) is 0 Å². The maximum atomic E-state index is 11.6.